The molecular formula is C14H20O4. The third-order valence-electron chi connectivity index (χ3n) is 3.07. The maximum absolute atomic E-state index is 10.2. The smallest absolute Gasteiger partial charge is 0.157 e. The van der Waals surface area contributed by atoms with Crippen LogP contribution < -0.4 is 4.74 Å². The van der Waals surface area contributed by atoms with E-state index >= 15 is 0 Å². The highest BCUT2D eigenvalue weighted by molar-refractivity contribution is 5.34. The number of hydrogen-bond acceptors (Lipinski definition) is 4. The zero-order chi connectivity index (χ0) is 12.8. The summed E-state index contributed by atoms with van der Waals surface area (Å²) in [6.45, 7) is 1.49. The van der Waals surface area contributed by atoms with Crippen LogP contribution in [0, 0.1) is 0 Å². The van der Waals surface area contributed by atoms with Crippen LogP contribution in [-0.4, -0.2) is 31.7 Å². The molecule has 1 aliphatic heterocycles. The Kier molecular flexibility index (Phi) is 4.99. The van der Waals surface area contributed by atoms with Gasteiger partial charge < -0.3 is 19.3 Å². The van der Waals surface area contributed by atoms with E-state index in [2.05, 4.69) is 0 Å². The van der Waals surface area contributed by atoms with Gasteiger partial charge in [-0.25, -0.2) is 0 Å². The number of rotatable bonds is 5. The molecule has 0 amide bonds. The van der Waals surface area contributed by atoms with Gasteiger partial charge in [0.1, 0.15) is 5.75 Å². The fraction of sp³-hybridized carbons (Fsp3) is 0.571. The second kappa shape index (κ2) is 6.73. The predicted octanol–water partition coefficient (Wildman–Crippen LogP) is 2.27. The van der Waals surface area contributed by atoms with Crippen molar-refractivity contribution in [1.82, 2.24) is 0 Å². The number of hydrogen-bond donors (Lipinski definition) is 1. The Labute approximate surface area is 107 Å². The number of ether oxygens (including phenoxy) is 3. The second-order valence-electron chi connectivity index (χ2n) is 4.36. The minimum absolute atomic E-state index is 0.178. The first-order chi connectivity index (χ1) is 8.81. The lowest BCUT2D eigenvalue weighted by atomic mass is 10.0. The van der Waals surface area contributed by atoms with E-state index in [0.717, 1.165) is 30.9 Å². The topological polar surface area (TPSA) is 47.9 Å². The molecule has 2 rings (SSSR count). The van der Waals surface area contributed by atoms with Crippen molar-refractivity contribution < 1.29 is 19.3 Å². The van der Waals surface area contributed by atoms with E-state index in [9.17, 15) is 5.11 Å². The number of aliphatic hydroxyl groups is 1. The molecule has 1 saturated heterocycles. The predicted molar refractivity (Wildman–Crippen MR) is 67.5 cm³/mol. The average molecular weight is 252 g/mol. The summed E-state index contributed by atoms with van der Waals surface area (Å²) in [5, 5.41) is 10.2. The first kappa shape index (κ1) is 13.3. The maximum Gasteiger partial charge on any atom is 0.157 e. The minimum Gasteiger partial charge on any atom is -0.496 e. The monoisotopic (exact) mass is 252 g/mol. The van der Waals surface area contributed by atoms with Crippen LogP contribution in [0.5, 0.6) is 5.75 Å². The molecule has 0 unspecified atom stereocenters. The fourth-order valence-electron chi connectivity index (χ4n) is 2.09. The zero-order valence-corrected chi connectivity index (χ0v) is 10.7. The Morgan fingerprint density at radius 3 is 2.78 bits per heavy atom. The molecule has 4 nitrogen and oxygen atoms in total. The third-order valence-corrected chi connectivity index (χ3v) is 3.07. The summed E-state index contributed by atoms with van der Waals surface area (Å²) < 4.78 is 16.1. The van der Waals surface area contributed by atoms with Crippen molar-refractivity contribution in [3.05, 3.63) is 29.8 Å². The first-order valence-corrected chi connectivity index (χ1v) is 6.35. The molecule has 0 saturated carbocycles. The summed E-state index contributed by atoms with van der Waals surface area (Å²) in [5.41, 5.74) is 0.816. The Morgan fingerprint density at radius 2 is 2.06 bits per heavy atom. The molecule has 1 atom stereocenters. The Hall–Kier alpha value is -1.10. The van der Waals surface area contributed by atoms with Crippen molar-refractivity contribution in [2.24, 2.45) is 0 Å². The van der Waals surface area contributed by atoms with Crippen LogP contribution in [0.3, 0.4) is 0 Å². The van der Waals surface area contributed by atoms with Crippen molar-refractivity contribution in [3.63, 3.8) is 0 Å². The van der Waals surface area contributed by atoms with Crippen molar-refractivity contribution in [1.29, 1.82) is 0 Å². The lowest BCUT2D eigenvalue weighted by Gasteiger charge is -2.24. The van der Waals surface area contributed by atoms with E-state index in [4.69, 9.17) is 14.2 Å². The van der Waals surface area contributed by atoms with Gasteiger partial charge in [0.25, 0.3) is 0 Å². The molecule has 1 aromatic carbocycles. The van der Waals surface area contributed by atoms with Crippen LogP contribution >= 0.6 is 0 Å². The van der Waals surface area contributed by atoms with E-state index in [0.29, 0.717) is 12.8 Å². The maximum atomic E-state index is 10.2. The molecular weight excluding hydrogens is 232 g/mol. The van der Waals surface area contributed by atoms with Gasteiger partial charge in [0.05, 0.1) is 26.4 Å². The molecule has 1 aromatic rings. The normalized spacial score (nSPS) is 18.6. The molecule has 0 spiro atoms. The van der Waals surface area contributed by atoms with Crippen LogP contribution in [0.1, 0.15) is 30.9 Å². The average Bonchev–Trinajstić information content (AvgIpc) is 2.45. The highest BCUT2D eigenvalue weighted by Gasteiger charge is 2.18. The molecule has 1 N–H and O–H groups in total. The van der Waals surface area contributed by atoms with Gasteiger partial charge in [0.2, 0.25) is 0 Å². The van der Waals surface area contributed by atoms with Crippen LogP contribution in [0.15, 0.2) is 24.3 Å². The molecule has 0 radical (unpaired) electrons. The standard InChI is InChI=1S/C14H20O4/c1-16-13-6-3-2-5-11(13)12(15)7-8-14-17-9-4-10-18-14/h2-3,5-6,12,14-15H,4,7-10H2,1H3/t12-/m1/s1. The summed E-state index contributed by atoms with van der Waals surface area (Å²) in [4.78, 5) is 0. The van der Waals surface area contributed by atoms with Gasteiger partial charge in [-0.3, -0.25) is 0 Å². The van der Waals surface area contributed by atoms with Gasteiger partial charge in [0, 0.05) is 12.0 Å². The molecule has 0 bridgehead atoms. The zero-order valence-electron chi connectivity index (χ0n) is 10.7. The van der Waals surface area contributed by atoms with E-state index in [1.165, 1.54) is 0 Å². The summed E-state index contributed by atoms with van der Waals surface area (Å²) in [6.07, 6.45) is 1.52. The summed E-state index contributed by atoms with van der Waals surface area (Å²) in [7, 11) is 1.61. The highest BCUT2D eigenvalue weighted by atomic mass is 16.7. The number of methoxy groups -OCH3 is 1. The van der Waals surface area contributed by atoms with Gasteiger partial charge in [-0.05, 0) is 18.9 Å². The Balaban J connectivity index is 1.88. The molecule has 1 fully saturated rings. The van der Waals surface area contributed by atoms with E-state index in [1.54, 1.807) is 7.11 Å². The molecule has 4 heteroatoms. The second-order valence-corrected chi connectivity index (χ2v) is 4.36. The number of para-hydroxylation sites is 1. The number of benzene rings is 1. The lowest BCUT2D eigenvalue weighted by Crippen LogP contribution is -2.25. The molecule has 0 aliphatic carbocycles. The van der Waals surface area contributed by atoms with Gasteiger partial charge in [-0.1, -0.05) is 18.2 Å². The fourth-order valence-corrected chi connectivity index (χ4v) is 2.09. The van der Waals surface area contributed by atoms with Crippen molar-refractivity contribution in [2.75, 3.05) is 20.3 Å². The van der Waals surface area contributed by atoms with Gasteiger partial charge >= 0.3 is 0 Å². The minimum atomic E-state index is -0.546. The van der Waals surface area contributed by atoms with Crippen LogP contribution in [0.4, 0.5) is 0 Å². The molecule has 1 heterocycles. The third kappa shape index (κ3) is 3.45. The summed E-state index contributed by atoms with van der Waals surface area (Å²) in [5.74, 6) is 0.718. The van der Waals surface area contributed by atoms with E-state index in [1.807, 2.05) is 24.3 Å². The van der Waals surface area contributed by atoms with Crippen molar-refractivity contribution in [3.8, 4) is 5.75 Å². The lowest BCUT2D eigenvalue weighted by molar-refractivity contribution is -0.183. The van der Waals surface area contributed by atoms with E-state index in [-0.39, 0.29) is 6.29 Å². The highest BCUT2D eigenvalue weighted by Crippen LogP contribution is 2.28. The van der Waals surface area contributed by atoms with Crippen molar-refractivity contribution in [2.45, 2.75) is 31.7 Å². The van der Waals surface area contributed by atoms with Crippen LogP contribution in [0.2, 0.25) is 0 Å². The van der Waals surface area contributed by atoms with Gasteiger partial charge in [0.15, 0.2) is 6.29 Å². The SMILES string of the molecule is COc1ccccc1[C@H](O)CCC1OCCCO1. The Morgan fingerprint density at radius 1 is 1.33 bits per heavy atom. The van der Waals surface area contributed by atoms with Crippen molar-refractivity contribution >= 4 is 0 Å². The first-order valence-electron chi connectivity index (χ1n) is 6.35. The summed E-state index contributed by atoms with van der Waals surface area (Å²) in [6, 6.07) is 7.52. The number of aliphatic hydroxyl groups excluding tert-OH is 1. The van der Waals surface area contributed by atoms with Crippen LogP contribution in [-0.2, 0) is 9.47 Å². The molecule has 18 heavy (non-hydrogen) atoms. The Bertz CT molecular complexity index is 361. The molecule has 1 aliphatic rings. The molecule has 100 valence electrons. The summed E-state index contributed by atoms with van der Waals surface area (Å²) >= 11 is 0. The van der Waals surface area contributed by atoms with Crippen LogP contribution in [0.25, 0.3) is 0 Å². The van der Waals surface area contributed by atoms with E-state index < -0.39 is 6.10 Å². The quantitative estimate of drug-likeness (QED) is 0.873. The molecule has 0 aromatic heterocycles. The van der Waals surface area contributed by atoms with Gasteiger partial charge in [-0.15, -0.1) is 0 Å². The van der Waals surface area contributed by atoms with Gasteiger partial charge in [-0.2, -0.15) is 0 Å². The largest absolute Gasteiger partial charge is 0.496 e.